The van der Waals surface area contributed by atoms with Gasteiger partial charge < -0.3 is 5.32 Å². The summed E-state index contributed by atoms with van der Waals surface area (Å²) in [5.41, 5.74) is 3.19. The first-order chi connectivity index (χ1) is 8.36. The molecule has 0 unspecified atom stereocenters. The SMILES string of the molecule is N#Cc1cc2c(nc1NC1CCCC1)CCC2. The van der Waals surface area contributed by atoms with Crippen LogP contribution in [0, 0.1) is 11.3 Å². The van der Waals surface area contributed by atoms with Crippen molar-refractivity contribution in [3.05, 3.63) is 22.9 Å². The van der Waals surface area contributed by atoms with E-state index in [0.29, 0.717) is 6.04 Å². The smallest absolute Gasteiger partial charge is 0.144 e. The molecule has 2 aliphatic carbocycles. The maximum atomic E-state index is 9.19. The third-order valence-corrected chi connectivity index (χ3v) is 3.87. The maximum absolute atomic E-state index is 9.19. The van der Waals surface area contributed by atoms with Crippen molar-refractivity contribution in [2.45, 2.75) is 51.0 Å². The number of nitrogens with one attached hydrogen (secondary N) is 1. The summed E-state index contributed by atoms with van der Waals surface area (Å²) in [7, 11) is 0. The van der Waals surface area contributed by atoms with Crippen LogP contribution < -0.4 is 5.32 Å². The molecule has 1 fully saturated rings. The molecule has 0 radical (unpaired) electrons. The van der Waals surface area contributed by atoms with Gasteiger partial charge in [0.25, 0.3) is 0 Å². The largest absolute Gasteiger partial charge is 0.366 e. The van der Waals surface area contributed by atoms with Gasteiger partial charge in [-0.2, -0.15) is 5.26 Å². The van der Waals surface area contributed by atoms with Crippen molar-refractivity contribution in [3.8, 4) is 6.07 Å². The summed E-state index contributed by atoms with van der Waals surface area (Å²) >= 11 is 0. The van der Waals surface area contributed by atoms with E-state index in [1.54, 1.807) is 0 Å². The van der Waals surface area contributed by atoms with Gasteiger partial charge in [-0.3, -0.25) is 0 Å². The zero-order valence-corrected chi connectivity index (χ0v) is 10.00. The molecular formula is C14H17N3. The van der Waals surface area contributed by atoms with Crippen molar-refractivity contribution in [1.29, 1.82) is 5.26 Å². The van der Waals surface area contributed by atoms with E-state index < -0.39 is 0 Å². The molecule has 1 heterocycles. The van der Waals surface area contributed by atoms with E-state index in [9.17, 15) is 5.26 Å². The van der Waals surface area contributed by atoms with Crippen LogP contribution in [0.15, 0.2) is 6.07 Å². The number of aromatic nitrogens is 1. The Morgan fingerprint density at radius 2 is 2.06 bits per heavy atom. The van der Waals surface area contributed by atoms with Gasteiger partial charge in [0.15, 0.2) is 0 Å². The predicted molar refractivity (Wildman–Crippen MR) is 66.9 cm³/mol. The van der Waals surface area contributed by atoms with Crippen LogP contribution in [0.25, 0.3) is 0 Å². The van der Waals surface area contributed by atoms with Crippen molar-refractivity contribution in [2.24, 2.45) is 0 Å². The molecular weight excluding hydrogens is 210 g/mol. The zero-order valence-electron chi connectivity index (χ0n) is 10.00. The second-order valence-corrected chi connectivity index (χ2v) is 5.08. The molecule has 0 atom stereocenters. The number of anilines is 1. The lowest BCUT2D eigenvalue weighted by Gasteiger charge is -2.14. The molecule has 0 aromatic carbocycles. The summed E-state index contributed by atoms with van der Waals surface area (Å²) in [6, 6.07) is 4.83. The second kappa shape index (κ2) is 4.37. The highest BCUT2D eigenvalue weighted by atomic mass is 15.0. The van der Waals surface area contributed by atoms with Crippen molar-refractivity contribution in [2.75, 3.05) is 5.32 Å². The summed E-state index contributed by atoms with van der Waals surface area (Å²) in [5.74, 6) is 0.819. The Bertz CT molecular complexity index is 467. The Balaban J connectivity index is 1.89. The average Bonchev–Trinajstić information content (AvgIpc) is 2.98. The molecule has 1 aromatic heterocycles. The van der Waals surface area contributed by atoms with Crippen LogP contribution in [0.2, 0.25) is 0 Å². The fraction of sp³-hybridized carbons (Fsp3) is 0.571. The maximum Gasteiger partial charge on any atom is 0.144 e. The standard InChI is InChI=1S/C14H17N3/c15-9-11-8-10-4-3-7-13(10)17-14(11)16-12-5-1-2-6-12/h8,12H,1-7H2,(H,16,17). The molecule has 17 heavy (non-hydrogen) atoms. The van der Waals surface area contributed by atoms with Gasteiger partial charge in [-0.1, -0.05) is 12.8 Å². The quantitative estimate of drug-likeness (QED) is 0.845. The summed E-state index contributed by atoms with van der Waals surface area (Å²) in [5, 5.41) is 12.7. The van der Waals surface area contributed by atoms with Crippen LogP contribution in [0.4, 0.5) is 5.82 Å². The van der Waals surface area contributed by atoms with Gasteiger partial charge in [0.05, 0.1) is 5.56 Å². The Labute approximate surface area is 102 Å². The van der Waals surface area contributed by atoms with E-state index in [0.717, 1.165) is 24.2 Å². The summed E-state index contributed by atoms with van der Waals surface area (Å²) in [4.78, 5) is 4.65. The summed E-state index contributed by atoms with van der Waals surface area (Å²) in [6.07, 6.45) is 8.35. The molecule has 0 bridgehead atoms. The highest BCUT2D eigenvalue weighted by Gasteiger charge is 2.20. The van der Waals surface area contributed by atoms with E-state index in [4.69, 9.17) is 0 Å². The zero-order chi connectivity index (χ0) is 11.7. The first-order valence-electron chi connectivity index (χ1n) is 6.56. The van der Waals surface area contributed by atoms with Crippen LogP contribution in [0.5, 0.6) is 0 Å². The number of aryl methyl sites for hydroxylation is 2. The van der Waals surface area contributed by atoms with Crippen LogP contribution in [-0.2, 0) is 12.8 Å². The summed E-state index contributed by atoms with van der Waals surface area (Å²) in [6.45, 7) is 0. The van der Waals surface area contributed by atoms with Gasteiger partial charge in [-0.25, -0.2) is 4.98 Å². The Morgan fingerprint density at radius 1 is 1.24 bits per heavy atom. The van der Waals surface area contributed by atoms with E-state index in [1.165, 1.54) is 43.4 Å². The van der Waals surface area contributed by atoms with Crippen LogP contribution >= 0.6 is 0 Å². The van der Waals surface area contributed by atoms with E-state index >= 15 is 0 Å². The highest BCUT2D eigenvalue weighted by Crippen LogP contribution is 2.27. The molecule has 0 amide bonds. The van der Waals surface area contributed by atoms with Gasteiger partial charge in [0, 0.05) is 11.7 Å². The number of fused-ring (bicyclic) bond motifs is 1. The highest BCUT2D eigenvalue weighted by molar-refractivity contribution is 5.55. The first-order valence-corrected chi connectivity index (χ1v) is 6.56. The first kappa shape index (κ1) is 10.6. The molecule has 2 aliphatic rings. The van der Waals surface area contributed by atoms with Crippen LogP contribution in [0.1, 0.15) is 48.9 Å². The molecule has 3 heteroatoms. The molecule has 3 nitrogen and oxygen atoms in total. The lowest BCUT2D eigenvalue weighted by atomic mass is 10.1. The molecule has 1 saturated carbocycles. The van der Waals surface area contributed by atoms with E-state index in [2.05, 4.69) is 16.4 Å². The van der Waals surface area contributed by atoms with Gasteiger partial charge in [-0.05, 0) is 43.7 Å². The molecule has 0 spiro atoms. The number of hydrogen-bond acceptors (Lipinski definition) is 3. The van der Waals surface area contributed by atoms with Crippen molar-refractivity contribution >= 4 is 5.82 Å². The number of nitriles is 1. The van der Waals surface area contributed by atoms with Crippen LogP contribution in [0.3, 0.4) is 0 Å². The minimum Gasteiger partial charge on any atom is -0.366 e. The molecule has 3 rings (SSSR count). The van der Waals surface area contributed by atoms with Gasteiger partial charge in [-0.15, -0.1) is 0 Å². The molecule has 0 saturated heterocycles. The Morgan fingerprint density at radius 3 is 2.82 bits per heavy atom. The minimum atomic E-state index is 0.522. The normalized spacial score (nSPS) is 19.0. The molecule has 0 aliphatic heterocycles. The third-order valence-electron chi connectivity index (χ3n) is 3.87. The topological polar surface area (TPSA) is 48.7 Å². The molecule has 88 valence electrons. The number of rotatable bonds is 2. The lowest BCUT2D eigenvalue weighted by molar-refractivity contribution is 0.748. The van der Waals surface area contributed by atoms with Gasteiger partial charge in [0.1, 0.15) is 11.9 Å². The summed E-state index contributed by atoms with van der Waals surface area (Å²) < 4.78 is 0. The molecule has 1 N–H and O–H groups in total. The monoisotopic (exact) mass is 227 g/mol. The van der Waals surface area contributed by atoms with Crippen LogP contribution in [-0.4, -0.2) is 11.0 Å². The minimum absolute atomic E-state index is 0.522. The fourth-order valence-corrected chi connectivity index (χ4v) is 2.93. The van der Waals surface area contributed by atoms with Gasteiger partial charge >= 0.3 is 0 Å². The lowest BCUT2D eigenvalue weighted by Crippen LogP contribution is -2.17. The second-order valence-electron chi connectivity index (χ2n) is 5.08. The van der Waals surface area contributed by atoms with Crippen molar-refractivity contribution < 1.29 is 0 Å². The van der Waals surface area contributed by atoms with Crippen molar-refractivity contribution in [3.63, 3.8) is 0 Å². The Kier molecular flexibility index (Phi) is 2.72. The molecule has 1 aromatic rings. The number of pyridine rings is 1. The average molecular weight is 227 g/mol. The van der Waals surface area contributed by atoms with Gasteiger partial charge in [0.2, 0.25) is 0 Å². The number of nitrogens with zero attached hydrogens (tertiary/aromatic N) is 2. The fourth-order valence-electron chi connectivity index (χ4n) is 2.93. The Hall–Kier alpha value is -1.56. The van der Waals surface area contributed by atoms with E-state index in [-0.39, 0.29) is 0 Å². The third kappa shape index (κ3) is 2.00. The van der Waals surface area contributed by atoms with E-state index in [1.807, 2.05) is 6.07 Å². The predicted octanol–water partition coefficient (Wildman–Crippen LogP) is 2.80. The number of hydrogen-bond donors (Lipinski definition) is 1. The van der Waals surface area contributed by atoms with Crippen molar-refractivity contribution in [1.82, 2.24) is 4.98 Å².